The van der Waals surface area contributed by atoms with Crippen molar-refractivity contribution in [2.75, 3.05) is 0 Å². The normalized spacial score (nSPS) is 15.1. The molecule has 25 heavy (non-hydrogen) atoms. The van der Waals surface area contributed by atoms with Gasteiger partial charge in [0, 0.05) is 23.9 Å². The molecule has 0 radical (unpaired) electrons. The number of para-hydroxylation sites is 2. The molecule has 4 nitrogen and oxygen atoms in total. The number of hydrogen-bond acceptors (Lipinski definition) is 4. The second-order valence-electron chi connectivity index (χ2n) is 5.64. The van der Waals surface area contributed by atoms with E-state index in [1.165, 1.54) is 11.3 Å². The molecule has 5 heteroatoms. The van der Waals surface area contributed by atoms with Gasteiger partial charge in [-0.15, -0.1) is 0 Å². The molecule has 0 saturated carbocycles. The zero-order chi connectivity index (χ0) is 17.2. The van der Waals surface area contributed by atoms with Crippen molar-refractivity contribution in [2.45, 2.75) is 13.5 Å². The molecule has 0 bridgehead atoms. The van der Waals surface area contributed by atoms with E-state index in [1.807, 2.05) is 78.4 Å². The number of aliphatic imine (C=N–C) groups is 1. The Morgan fingerprint density at radius 1 is 1.12 bits per heavy atom. The Morgan fingerprint density at radius 3 is 2.68 bits per heavy atom. The minimum atomic E-state index is 0.243. The van der Waals surface area contributed by atoms with Crippen molar-refractivity contribution in [1.29, 1.82) is 0 Å². The van der Waals surface area contributed by atoms with Crippen LogP contribution in [0.3, 0.4) is 0 Å². The molecule has 0 aliphatic carbocycles. The number of fused-ring (bicyclic) bond motifs is 1. The molecule has 1 aliphatic heterocycles. The van der Waals surface area contributed by atoms with E-state index in [4.69, 9.17) is 0 Å². The van der Waals surface area contributed by atoms with E-state index >= 15 is 0 Å². The summed E-state index contributed by atoms with van der Waals surface area (Å²) in [4.78, 5) is 10.7. The van der Waals surface area contributed by atoms with E-state index in [2.05, 4.69) is 9.98 Å². The average Bonchev–Trinajstić information content (AvgIpc) is 3.18. The van der Waals surface area contributed by atoms with Gasteiger partial charge in [-0.05, 0) is 31.2 Å². The standard InChI is InChI=1S/C20H17N3OS/c1-2-23-19(24)18(25-20(23)22-15-8-4-3-5-9-15)12-14-13-21-17-11-7-6-10-16(14)17/h3-13,24H,2H2,1H3. The summed E-state index contributed by atoms with van der Waals surface area (Å²) < 4.78 is 1.82. The molecule has 1 aromatic heterocycles. The van der Waals surface area contributed by atoms with Crippen molar-refractivity contribution in [3.05, 3.63) is 69.8 Å². The van der Waals surface area contributed by atoms with E-state index in [9.17, 15) is 5.11 Å². The Bertz CT molecular complexity index is 1040. The number of thiazole rings is 1. The Kier molecular flexibility index (Phi) is 4.07. The van der Waals surface area contributed by atoms with Gasteiger partial charge in [-0.25, -0.2) is 4.99 Å². The van der Waals surface area contributed by atoms with Gasteiger partial charge in [0.1, 0.15) is 0 Å². The van der Waals surface area contributed by atoms with Gasteiger partial charge in [0.25, 0.3) is 0 Å². The number of nitrogens with zero attached hydrogens (tertiary/aromatic N) is 3. The van der Waals surface area contributed by atoms with Crippen molar-refractivity contribution in [1.82, 2.24) is 4.57 Å². The van der Waals surface area contributed by atoms with Gasteiger partial charge >= 0.3 is 0 Å². The second-order valence-corrected chi connectivity index (χ2v) is 6.65. The van der Waals surface area contributed by atoms with E-state index in [-0.39, 0.29) is 5.88 Å². The third kappa shape index (κ3) is 2.94. The van der Waals surface area contributed by atoms with Crippen LogP contribution in [0, 0.1) is 0 Å². The van der Waals surface area contributed by atoms with Crippen LogP contribution in [-0.4, -0.2) is 15.9 Å². The van der Waals surface area contributed by atoms with E-state index in [0.29, 0.717) is 6.54 Å². The molecule has 2 heterocycles. The molecule has 0 spiro atoms. The number of aromatic nitrogens is 1. The van der Waals surface area contributed by atoms with Crippen LogP contribution in [0.5, 0.6) is 5.88 Å². The highest BCUT2D eigenvalue weighted by molar-refractivity contribution is 7.10. The summed E-state index contributed by atoms with van der Waals surface area (Å²) in [5.41, 5.74) is 3.92. The van der Waals surface area contributed by atoms with Gasteiger partial charge in [0.05, 0.1) is 16.3 Å². The van der Waals surface area contributed by atoms with Gasteiger partial charge in [-0.3, -0.25) is 9.56 Å². The first-order chi connectivity index (χ1) is 12.3. The highest BCUT2D eigenvalue weighted by Gasteiger charge is 2.15. The van der Waals surface area contributed by atoms with E-state index < -0.39 is 0 Å². The molecule has 1 N–H and O–H groups in total. The summed E-state index contributed by atoms with van der Waals surface area (Å²) in [5.74, 6) is 0.243. The number of hydrogen-bond donors (Lipinski definition) is 1. The number of allylic oxidation sites excluding steroid dienone is 1. The van der Waals surface area contributed by atoms with Gasteiger partial charge < -0.3 is 5.11 Å². The van der Waals surface area contributed by atoms with E-state index in [0.717, 1.165) is 32.2 Å². The molecule has 0 atom stereocenters. The lowest BCUT2D eigenvalue weighted by Crippen LogP contribution is -2.12. The highest BCUT2D eigenvalue weighted by atomic mass is 32.1. The molecular formula is C20H17N3OS. The SMILES string of the molecule is CCn1c(O)c(C=C2C=Nc3ccccc32)sc1=Nc1ccccc1. The third-order valence-electron chi connectivity index (χ3n) is 4.05. The van der Waals surface area contributed by atoms with Gasteiger partial charge in [-0.2, -0.15) is 0 Å². The Morgan fingerprint density at radius 2 is 1.88 bits per heavy atom. The smallest absolute Gasteiger partial charge is 0.211 e. The summed E-state index contributed by atoms with van der Waals surface area (Å²) in [6.07, 6.45) is 3.82. The molecule has 1 aliphatic rings. The molecule has 124 valence electrons. The maximum Gasteiger partial charge on any atom is 0.211 e. The fourth-order valence-corrected chi connectivity index (χ4v) is 3.85. The fourth-order valence-electron chi connectivity index (χ4n) is 2.79. The van der Waals surface area contributed by atoms with Crippen molar-refractivity contribution < 1.29 is 5.11 Å². The van der Waals surface area contributed by atoms with Gasteiger partial charge in [0.2, 0.25) is 5.88 Å². The van der Waals surface area contributed by atoms with Crippen LogP contribution >= 0.6 is 11.3 Å². The predicted molar refractivity (Wildman–Crippen MR) is 104 cm³/mol. The summed E-state index contributed by atoms with van der Waals surface area (Å²) in [6.45, 7) is 2.65. The lowest BCUT2D eigenvalue weighted by atomic mass is 10.1. The number of aromatic hydroxyl groups is 1. The first-order valence-electron chi connectivity index (χ1n) is 8.14. The largest absolute Gasteiger partial charge is 0.493 e. The maximum atomic E-state index is 10.6. The van der Waals surface area contributed by atoms with Crippen LogP contribution in [-0.2, 0) is 6.54 Å². The molecule has 0 fully saturated rings. The highest BCUT2D eigenvalue weighted by Crippen LogP contribution is 2.34. The number of rotatable bonds is 3. The van der Waals surface area contributed by atoms with Crippen LogP contribution in [0.25, 0.3) is 11.6 Å². The lowest BCUT2D eigenvalue weighted by molar-refractivity contribution is 0.416. The number of benzene rings is 2. The van der Waals surface area contributed by atoms with Crippen LogP contribution in [0.1, 0.15) is 17.4 Å². The zero-order valence-electron chi connectivity index (χ0n) is 13.8. The molecule has 4 rings (SSSR count). The fraction of sp³-hybridized carbons (Fsp3) is 0.100. The predicted octanol–water partition coefficient (Wildman–Crippen LogP) is 4.76. The van der Waals surface area contributed by atoms with Crippen molar-refractivity contribution in [3.63, 3.8) is 0 Å². The Balaban J connectivity index is 1.82. The van der Waals surface area contributed by atoms with Crippen molar-refractivity contribution >= 4 is 40.6 Å². The average molecular weight is 347 g/mol. The molecular weight excluding hydrogens is 330 g/mol. The van der Waals surface area contributed by atoms with Crippen molar-refractivity contribution in [2.24, 2.45) is 9.98 Å². The third-order valence-corrected chi connectivity index (χ3v) is 5.06. The quantitative estimate of drug-likeness (QED) is 0.729. The Labute approximate surface area is 149 Å². The van der Waals surface area contributed by atoms with E-state index in [1.54, 1.807) is 0 Å². The molecule has 0 saturated heterocycles. The van der Waals surface area contributed by atoms with Crippen LogP contribution in [0.4, 0.5) is 11.4 Å². The minimum absolute atomic E-state index is 0.243. The zero-order valence-corrected chi connectivity index (χ0v) is 14.6. The molecule has 0 unspecified atom stereocenters. The molecule has 2 aromatic carbocycles. The summed E-state index contributed by atoms with van der Waals surface area (Å²) in [7, 11) is 0. The second kappa shape index (κ2) is 6.53. The van der Waals surface area contributed by atoms with Crippen LogP contribution in [0.15, 0.2) is 64.6 Å². The minimum Gasteiger partial charge on any atom is -0.493 e. The topological polar surface area (TPSA) is 49.9 Å². The first-order valence-corrected chi connectivity index (χ1v) is 8.95. The lowest BCUT2D eigenvalue weighted by Gasteiger charge is -2.01. The van der Waals surface area contributed by atoms with Gasteiger partial charge in [0.15, 0.2) is 4.80 Å². The Hall–Kier alpha value is -2.92. The monoisotopic (exact) mass is 347 g/mol. The van der Waals surface area contributed by atoms with Crippen molar-refractivity contribution in [3.8, 4) is 5.88 Å². The first kappa shape index (κ1) is 15.6. The molecule has 0 amide bonds. The summed E-state index contributed by atoms with van der Waals surface area (Å²) >= 11 is 1.48. The van der Waals surface area contributed by atoms with Crippen LogP contribution in [0.2, 0.25) is 0 Å². The van der Waals surface area contributed by atoms with Crippen LogP contribution < -0.4 is 4.80 Å². The maximum absolute atomic E-state index is 10.6. The van der Waals surface area contributed by atoms with Gasteiger partial charge in [-0.1, -0.05) is 47.7 Å². The summed E-state index contributed by atoms with van der Waals surface area (Å²) in [5, 5.41) is 10.6. The summed E-state index contributed by atoms with van der Waals surface area (Å²) in [6, 6.07) is 17.8. The molecule has 3 aromatic rings.